The predicted octanol–water partition coefficient (Wildman–Crippen LogP) is 5.58. The Morgan fingerprint density at radius 2 is 1.60 bits per heavy atom. The second kappa shape index (κ2) is 11.9. The third-order valence-corrected chi connectivity index (χ3v) is 5.63. The number of halogens is 1. The van der Waals surface area contributed by atoms with E-state index in [1.807, 2.05) is 82.3 Å². The van der Waals surface area contributed by atoms with Crippen LogP contribution in [0, 0.1) is 6.92 Å². The maximum absolute atomic E-state index is 13.6. The van der Waals surface area contributed by atoms with Crippen LogP contribution in [-0.2, 0) is 22.6 Å². The molecule has 35 heavy (non-hydrogen) atoms. The minimum Gasteiger partial charge on any atom is -0.484 e. The van der Waals surface area contributed by atoms with Gasteiger partial charge in [0.1, 0.15) is 11.8 Å². The van der Waals surface area contributed by atoms with Crippen molar-refractivity contribution >= 4 is 23.4 Å². The molecule has 0 unspecified atom stereocenters. The number of hydrogen-bond donors (Lipinski definition) is 1. The molecule has 1 N–H and O–H groups in total. The molecule has 184 valence electrons. The first-order valence-corrected chi connectivity index (χ1v) is 12.1. The fourth-order valence-corrected chi connectivity index (χ4v) is 3.90. The number of nitrogens with zero attached hydrogens (tertiary/aromatic N) is 1. The maximum atomic E-state index is 13.6. The summed E-state index contributed by atoms with van der Waals surface area (Å²) < 4.78 is 5.76. The van der Waals surface area contributed by atoms with E-state index in [1.165, 1.54) is 0 Å². The Morgan fingerprint density at radius 3 is 2.23 bits per heavy atom. The van der Waals surface area contributed by atoms with Crippen LogP contribution in [0.1, 0.15) is 37.5 Å². The van der Waals surface area contributed by atoms with Gasteiger partial charge in [-0.15, -0.1) is 0 Å². The molecular weight excluding hydrogens is 460 g/mol. The monoisotopic (exact) mass is 492 g/mol. The molecule has 3 aromatic rings. The summed E-state index contributed by atoms with van der Waals surface area (Å²) in [4.78, 5) is 28.7. The lowest BCUT2D eigenvalue weighted by atomic mass is 10.0. The highest BCUT2D eigenvalue weighted by atomic mass is 35.5. The zero-order valence-corrected chi connectivity index (χ0v) is 21.5. The Bertz CT molecular complexity index is 1120. The van der Waals surface area contributed by atoms with Crippen LogP contribution < -0.4 is 10.1 Å². The summed E-state index contributed by atoms with van der Waals surface area (Å²) in [5.41, 5.74) is 2.57. The molecular formula is C29H33ClN2O3. The number of amides is 2. The largest absolute Gasteiger partial charge is 0.484 e. The predicted molar refractivity (Wildman–Crippen MR) is 141 cm³/mol. The molecule has 5 nitrogen and oxygen atoms in total. The van der Waals surface area contributed by atoms with E-state index in [4.69, 9.17) is 16.3 Å². The Hall–Kier alpha value is -3.31. The van der Waals surface area contributed by atoms with Crippen LogP contribution in [0.15, 0.2) is 78.9 Å². The molecule has 0 heterocycles. The molecule has 0 saturated carbocycles. The molecule has 1 atom stereocenters. The van der Waals surface area contributed by atoms with E-state index in [9.17, 15) is 9.59 Å². The molecule has 0 radical (unpaired) electrons. The molecule has 3 aromatic carbocycles. The number of carbonyl (C=O) groups excluding carboxylic acids is 2. The number of ether oxygens (including phenoxy) is 1. The number of hydrogen-bond acceptors (Lipinski definition) is 3. The van der Waals surface area contributed by atoms with E-state index in [1.54, 1.807) is 29.2 Å². The number of aryl methyl sites for hydroxylation is 1. The van der Waals surface area contributed by atoms with E-state index in [0.29, 0.717) is 23.7 Å². The first-order chi connectivity index (χ1) is 16.6. The second-order valence-electron chi connectivity index (χ2n) is 9.70. The lowest BCUT2D eigenvalue weighted by Crippen LogP contribution is -2.55. The molecule has 0 fully saturated rings. The zero-order valence-electron chi connectivity index (χ0n) is 20.8. The van der Waals surface area contributed by atoms with Gasteiger partial charge in [0.05, 0.1) is 0 Å². The Labute approximate surface area is 213 Å². The van der Waals surface area contributed by atoms with Gasteiger partial charge in [-0.2, -0.15) is 0 Å². The van der Waals surface area contributed by atoms with Crippen LogP contribution in [-0.4, -0.2) is 34.9 Å². The normalized spacial score (nSPS) is 12.0. The molecule has 3 rings (SSSR count). The summed E-state index contributed by atoms with van der Waals surface area (Å²) in [6.45, 7) is 7.90. The summed E-state index contributed by atoms with van der Waals surface area (Å²) in [7, 11) is 0. The Kier molecular flexibility index (Phi) is 8.94. The van der Waals surface area contributed by atoms with Gasteiger partial charge in [0.15, 0.2) is 6.61 Å². The molecule has 0 aliphatic rings. The Balaban J connectivity index is 1.92. The molecule has 0 aliphatic heterocycles. The van der Waals surface area contributed by atoms with Crippen molar-refractivity contribution in [2.45, 2.75) is 52.2 Å². The van der Waals surface area contributed by atoms with Gasteiger partial charge < -0.3 is 15.0 Å². The molecule has 0 bridgehead atoms. The molecule has 0 aliphatic carbocycles. The van der Waals surface area contributed by atoms with Crippen molar-refractivity contribution in [3.63, 3.8) is 0 Å². The van der Waals surface area contributed by atoms with Gasteiger partial charge in [-0.3, -0.25) is 9.59 Å². The summed E-state index contributed by atoms with van der Waals surface area (Å²) >= 11 is 5.96. The van der Waals surface area contributed by atoms with Crippen molar-refractivity contribution in [1.82, 2.24) is 10.2 Å². The smallest absolute Gasteiger partial charge is 0.261 e. The number of nitrogens with one attached hydrogen (secondary N) is 1. The van der Waals surface area contributed by atoms with E-state index >= 15 is 0 Å². The van der Waals surface area contributed by atoms with Gasteiger partial charge in [0, 0.05) is 23.5 Å². The van der Waals surface area contributed by atoms with Crippen molar-refractivity contribution in [3.05, 3.63) is 101 Å². The maximum Gasteiger partial charge on any atom is 0.261 e. The van der Waals surface area contributed by atoms with E-state index in [2.05, 4.69) is 5.32 Å². The van der Waals surface area contributed by atoms with Crippen LogP contribution in [0.3, 0.4) is 0 Å². The molecule has 0 aromatic heterocycles. The van der Waals surface area contributed by atoms with Gasteiger partial charge in [-0.05, 0) is 63.1 Å². The highest BCUT2D eigenvalue weighted by Gasteiger charge is 2.32. The number of rotatable bonds is 9. The molecule has 0 saturated heterocycles. The minimum absolute atomic E-state index is 0.193. The van der Waals surface area contributed by atoms with Gasteiger partial charge in [-0.25, -0.2) is 0 Å². The van der Waals surface area contributed by atoms with Crippen LogP contribution in [0.25, 0.3) is 0 Å². The first-order valence-electron chi connectivity index (χ1n) is 11.7. The highest BCUT2D eigenvalue weighted by Crippen LogP contribution is 2.19. The Morgan fingerprint density at radius 1 is 0.943 bits per heavy atom. The minimum atomic E-state index is -0.710. The summed E-state index contributed by atoms with van der Waals surface area (Å²) in [5.74, 6) is 0.0669. The lowest BCUT2D eigenvalue weighted by molar-refractivity contribution is -0.143. The van der Waals surface area contributed by atoms with Crippen molar-refractivity contribution in [3.8, 4) is 5.75 Å². The average Bonchev–Trinajstić information content (AvgIpc) is 2.80. The van der Waals surface area contributed by atoms with Crippen LogP contribution >= 0.6 is 11.6 Å². The van der Waals surface area contributed by atoms with Crippen LogP contribution in [0.2, 0.25) is 5.02 Å². The average molecular weight is 493 g/mol. The second-order valence-corrected chi connectivity index (χ2v) is 10.1. The van der Waals surface area contributed by atoms with Gasteiger partial charge >= 0.3 is 0 Å². The number of benzene rings is 3. The van der Waals surface area contributed by atoms with Crippen LogP contribution in [0.5, 0.6) is 5.75 Å². The zero-order chi connectivity index (χ0) is 25.4. The van der Waals surface area contributed by atoms with E-state index in [-0.39, 0.29) is 18.4 Å². The third kappa shape index (κ3) is 8.45. The van der Waals surface area contributed by atoms with Gasteiger partial charge in [-0.1, -0.05) is 71.8 Å². The SMILES string of the molecule is Cc1cccc(CN(C(=O)COc2ccc(Cl)cc2)[C@H](Cc2ccccc2)C(=O)NC(C)(C)C)c1. The standard InChI is InChI=1S/C29H33ClN2O3/c1-21-9-8-12-23(17-21)19-32(27(33)20-35-25-15-13-24(30)14-16-25)26(28(34)31-29(2,3)4)18-22-10-6-5-7-11-22/h5-17,26H,18-20H2,1-4H3,(H,31,34)/t26-/m1/s1. The first kappa shape index (κ1) is 26.3. The molecule has 6 heteroatoms. The topological polar surface area (TPSA) is 58.6 Å². The van der Waals surface area contributed by atoms with Crippen LogP contribution in [0.4, 0.5) is 0 Å². The van der Waals surface area contributed by atoms with Crippen molar-refractivity contribution < 1.29 is 14.3 Å². The quantitative estimate of drug-likeness (QED) is 0.424. The summed E-state index contributed by atoms with van der Waals surface area (Å²) in [5, 5.41) is 3.65. The van der Waals surface area contributed by atoms with E-state index < -0.39 is 11.6 Å². The summed E-state index contributed by atoms with van der Waals surface area (Å²) in [6.07, 6.45) is 0.390. The van der Waals surface area contributed by atoms with Gasteiger partial charge in [0.2, 0.25) is 5.91 Å². The van der Waals surface area contributed by atoms with Gasteiger partial charge in [0.25, 0.3) is 5.91 Å². The van der Waals surface area contributed by atoms with Crippen molar-refractivity contribution in [2.24, 2.45) is 0 Å². The van der Waals surface area contributed by atoms with E-state index in [0.717, 1.165) is 16.7 Å². The van der Waals surface area contributed by atoms with Crippen molar-refractivity contribution in [1.29, 1.82) is 0 Å². The molecule has 2 amide bonds. The van der Waals surface area contributed by atoms with Crippen molar-refractivity contribution in [2.75, 3.05) is 6.61 Å². The lowest BCUT2D eigenvalue weighted by Gasteiger charge is -2.33. The fraction of sp³-hybridized carbons (Fsp3) is 0.310. The highest BCUT2D eigenvalue weighted by molar-refractivity contribution is 6.30. The molecule has 0 spiro atoms. The third-order valence-electron chi connectivity index (χ3n) is 5.38. The summed E-state index contributed by atoms with van der Waals surface area (Å²) in [6, 6.07) is 23.8. The fourth-order valence-electron chi connectivity index (χ4n) is 3.77. The number of carbonyl (C=O) groups is 2.